The molecule has 0 aliphatic heterocycles. The minimum Gasteiger partial charge on any atom is -0.475 e. The van der Waals surface area contributed by atoms with E-state index in [0.717, 1.165) is 16.8 Å². The van der Waals surface area contributed by atoms with Crippen molar-refractivity contribution in [2.45, 2.75) is 13.5 Å². The average Bonchev–Trinajstić information content (AvgIpc) is 2.78. The van der Waals surface area contributed by atoms with Crippen molar-refractivity contribution in [2.24, 2.45) is 0 Å². The summed E-state index contributed by atoms with van der Waals surface area (Å²) in [6.45, 7) is 2.22. The zero-order valence-corrected chi connectivity index (χ0v) is 10.4. The van der Waals surface area contributed by atoms with E-state index >= 15 is 0 Å². The fraction of sp³-hybridized carbons (Fsp3) is 0.133. The van der Waals surface area contributed by atoms with Gasteiger partial charge in [0.2, 0.25) is 5.76 Å². The zero-order valence-electron chi connectivity index (χ0n) is 10.4. The Hall–Kier alpha value is -2.67. The Bertz CT molecular complexity index is 650. The second-order valence-electron chi connectivity index (χ2n) is 4.08. The first-order valence-corrected chi connectivity index (χ1v) is 5.73. The van der Waals surface area contributed by atoms with Gasteiger partial charge in [0.05, 0.1) is 0 Å². The number of aromatic carboxylic acids is 1. The van der Waals surface area contributed by atoms with Crippen molar-refractivity contribution in [3.63, 3.8) is 0 Å². The molecule has 0 amide bonds. The number of carboxylic acids is 1. The third kappa shape index (κ3) is 2.96. The number of benzene rings is 1. The molecule has 0 saturated heterocycles. The Labute approximate surface area is 111 Å². The van der Waals surface area contributed by atoms with Crippen LogP contribution >= 0.6 is 0 Å². The van der Waals surface area contributed by atoms with Crippen LogP contribution in [0.3, 0.4) is 0 Å². The van der Waals surface area contributed by atoms with Gasteiger partial charge in [-0.3, -0.25) is 0 Å². The van der Waals surface area contributed by atoms with E-state index in [1.807, 2.05) is 24.3 Å². The molecule has 1 heterocycles. The Balaban J connectivity index is 2.10. The minimum absolute atomic E-state index is 0.0494. The normalized spacial score (nSPS) is 9.89. The van der Waals surface area contributed by atoms with Gasteiger partial charge in [-0.1, -0.05) is 12.0 Å². The summed E-state index contributed by atoms with van der Waals surface area (Å²) in [7, 11) is 0. The molecule has 0 aliphatic carbocycles. The van der Waals surface area contributed by atoms with Gasteiger partial charge in [0.1, 0.15) is 5.76 Å². The lowest BCUT2D eigenvalue weighted by Gasteiger charge is -2.05. The maximum atomic E-state index is 10.8. The number of carboxylic acid groups (broad SMARTS) is 1. The molecule has 1 aromatic carbocycles. The lowest BCUT2D eigenvalue weighted by molar-refractivity contribution is 0.0661. The van der Waals surface area contributed by atoms with Crippen molar-refractivity contribution < 1.29 is 14.3 Å². The first-order valence-electron chi connectivity index (χ1n) is 5.73. The minimum atomic E-state index is -1.07. The van der Waals surface area contributed by atoms with Gasteiger partial charge in [-0.05, 0) is 31.2 Å². The summed E-state index contributed by atoms with van der Waals surface area (Å²) >= 11 is 0. The van der Waals surface area contributed by atoms with Crippen LogP contribution in [0.5, 0.6) is 0 Å². The van der Waals surface area contributed by atoms with Gasteiger partial charge in [0, 0.05) is 23.4 Å². The van der Waals surface area contributed by atoms with Crippen molar-refractivity contribution in [3.8, 4) is 12.3 Å². The molecule has 0 spiro atoms. The molecule has 0 aliphatic rings. The van der Waals surface area contributed by atoms with Crippen LogP contribution in [0.1, 0.15) is 27.4 Å². The van der Waals surface area contributed by atoms with Gasteiger partial charge >= 0.3 is 5.97 Å². The number of rotatable bonds is 4. The molecular weight excluding hydrogens is 242 g/mol. The predicted molar refractivity (Wildman–Crippen MR) is 72.1 cm³/mol. The van der Waals surface area contributed by atoms with Gasteiger partial charge in [-0.25, -0.2) is 4.79 Å². The molecular formula is C15H13NO3. The van der Waals surface area contributed by atoms with E-state index in [0.29, 0.717) is 12.3 Å². The summed E-state index contributed by atoms with van der Waals surface area (Å²) in [5.74, 6) is 2.04. The third-order valence-electron chi connectivity index (χ3n) is 2.74. The number of aryl methyl sites for hydroxylation is 1. The molecule has 0 atom stereocenters. The lowest BCUT2D eigenvalue weighted by atomic mass is 10.2. The van der Waals surface area contributed by atoms with Crippen LogP contribution in [0.2, 0.25) is 0 Å². The Morgan fingerprint density at radius 3 is 2.89 bits per heavy atom. The number of nitrogens with one attached hydrogen (secondary N) is 1. The smallest absolute Gasteiger partial charge is 0.371 e. The number of carbonyl (C=O) groups is 1. The average molecular weight is 255 g/mol. The monoisotopic (exact) mass is 255 g/mol. The van der Waals surface area contributed by atoms with Crippen molar-refractivity contribution in [3.05, 3.63) is 53.0 Å². The van der Waals surface area contributed by atoms with E-state index in [4.69, 9.17) is 15.9 Å². The standard InChI is InChI=1S/C15H13NO3/c1-3-11-5-4-6-13(7-11)16-9-12-8-14(15(17)18)19-10(12)2/h1,4-8,16H,9H2,2H3,(H,17,18). The molecule has 2 N–H and O–H groups in total. The highest BCUT2D eigenvalue weighted by molar-refractivity contribution is 5.84. The van der Waals surface area contributed by atoms with Crippen LogP contribution in [-0.4, -0.2) is 11.1 Å². The van der Waals surface area contributed by atoms with Crippen LogP contribution < -0.4 is 5.32 Å². The van der Waals surface area contributed by atoms with E-state index in [1.165, 1.54) is 6.07 Å². The SMILES string of the molecule is C#Cc1cccc(NCc2cc(C(=O)O)oc2C)c1. The van der Waals surface area contributed by atoms with Gasteiger partial charge < -0.3 is 14.8 Å². The number of anilines is 1. The maximum absolute atomic E-state index is 10.8. The van der Waals surface area contributed by atoms with Gasteiger partial charge in [-0.2, -0.15) is 0 Å². The first kappa shape index (κ1) is 12.8. The van der Waals surface area contributed by atoms with Crippen LogP contribution in [0, 0.1) is 19.3 Å². The summed E-state index contributed by atoms with van der Waals surface area (Å²) in [6.07, 6.45) is 5.33. The van der Waals surface area contributed by atoms with Gasteiger partial charge in [0.15, 0.2) is 0 Å². The highest BCUT2D eigenvalue weighted by Gasteiger charge is 2.12. The zero-order chi connectivity index (χ0) is 13.8. The molecule has 2 aromatic rings. The Kier molecular flexibility index (Phi) is 3.58. The first-order chi connectivity index (χ1) is 9.10. The topological polar surface area (TPSA) is 62.5 Å². The fourth-order valence-corrected chi connectivity index (χ4v) is 1.72. The Morgan fingerprint density at radius 1 is 1.47 bits per heavy atom. The molecule has 96 valence electrons. The third-order valence-corrected chi connectivity index (χ3v) is 2.74. The summed E-state index contributed by atoms with van der Waals surface area (Å²) < 4.78 is 5.14. The second-order valence-corrected chi connectivity index (χ2v) is 4.08. The van der Waals surface area contributed by atoms with Gasteiger partial charge in [-0.15, -0.1) is 6.42 Å². The predicted octanol–water partition coefficient (Wildman–Crippen LogP) is 2.88. The van der Waals surface area contributed by atoms with E-state index < -0.39 is 5.97 Å². The molecule has 4 heteroatoms. The molecule has 0 saturated carbocycles. The van der Waals surface area contributed by atoms with Crippen molar-refractivity contribution >= 4 is 11.7 Å². The van der Waals surface area contributed by atoms with Gasteiger partial charge in [0.25, 0.3) is 0 Å². The summed E-state index contributed by atoms with van der Waals surface area (Å²) in [4.78, 5) is 10.8. The van der Waals surface area contributed by atoms with Crippen LogP contribution in [-0.2, 0) is 6.54 Å². The summed E-state index contributed by atoms with van der Waals surface area (Å²) in [5, 5.41) is 12.0. The van der Waals surface area contributed by atoms with Crippen molar-refractivity contribution in [2.75, 3.05) is 5.32 Å². The van der Waals surface area contributed by atoms with E-state index in [2.05, 4.69) is 11.2 Å². The lowest BCUT2D eigenvalue weighted by Crippen LogP contribution is -1.99. The fourth-order valence-electron chi connectivity index (χ4n) is 1.72. The number of terminal acetylenes is 1. The second kappa shape index (κ2) is 5.32. The molecule has 4 nitrogen and oxygen atoms in total. The highest BCUT2D eigenvalue weighted by Crippen LogP contribution is 2.17. The molecule has 0 bridgehead atoms. The molecule has 0 fully saturated rings. The van der Waals surface area contributed by atoms with E-state index in [1.54, 1.807) is 6.92 Å². The molecule has 19 heavy (non-hydrogen) atoms. The molecule has 0 unspecified atom stereocenters. The van der Waals surface area contributed by atoms with Crippen LogP contribution in [0.4, 0.5) is 5.69 Å². The van der Waals surface area contributed by atoms with E-state index in [-0.39, 0.29) is 5.76 Å². The van der Waals surface area contributed by atoms with E-state index in [9.17, 15) is 4.79 Å². The molecule has 2 rings (SSSR count). The summed E-state index contributed by atoms with van der Waals surface area (Å²) in [5.41, 5.74) is 2.48. The number of hydrogen-bond donors (Lipinski definition) is 2. The quantitative estimate of drug-likeness (QED) is 0.825. The van der Waals surface area contributed by atoms with Crippen molar-refractivity contribution in [1.29, 1.82) is 0 Å². The largest absolute Gasteiger partial charge is 0.475 e. The van der Waals surface area contributed by atoms with Crippen LogP contribution in [0.15, 0.2) is 34.7 Å². The van der Waals surface area contributed by atoms with Crippen molar-refractivity contribution in [1.82, 2.24) is 0 Å². The van der Waals surface area contributed by atoms with Crippen LogP contribution in [0.25, 0.3) is 0 Å². The summed E-state index contributed by atoms with van der Waals surface area (Å²) in [6, 6.07) is 8.98. The molecule has 0 radical (unpaired) electrons. The Morgan fingerprint density at radius 2 is 2.26 bits per heavy atom. The highest BCUT2D eigenvalue weighted by atomic mass is 16.4. The molecule has 1 aromatic heterocycles. The number of hydrogen-bond acceptors (Lipinski definition) is 3. The number of furan rings is 1. The maximum Gasteiger partial charge on any atom is 0.371 e.